The van der Waals surface area contributed by atoms with Crippen molar-refractivity contribution < 1.29 is 14.6 Å². The van der Waals surface area contributed by atoms with Crippen LogP contribution in [-0.2, 0) is 19.4 Å². The fourth-order valence-corrected chi connectivity index (χ4v) is 3.48. The molecule has 8 heteroatoms. The van der Waals surface area contributed by atoms with Gasteiger partial charge in [0.2, 0.25) is 0 Å². The number of ether oxygens (including phenoxy) is 2. The summed E-state index contributed by atoms with van der Waals surface area (Å²) < 4.78 is 12.4. The maximum absolute atomic E-state index is 9.98. The van der Waals surface area contributed by atoms with Crippen LogP contribution in [0.2, 0.25) is 0 Å². The van der Waals surface area contributed by atoms with Gasteiger partial charge in [-0.1, -0.05) is 0 Å². The molecule has 1 aromatic carbocycles. The minimum atomic E-state index is -0.825. The number of aliphatic hydroxyl groups is 1. The SMILES string of the molecule is COc1cc(CCc2cnc3[nH]c(-c4cnn(CC(C)(C)O)c4)cc3n2)cc(OC)c1. The Morgan fingerprint density at radius 2 is 1.77 bits per heavy atom. The van der Waals surface area contributed by atoms with Crippen LogP contribution in [-0.4, -0.2) is 49.7 Å². The zero-order valence-electron chi connectivity index (χ0n) is 18.2. The third kappa shape index (κ3) is 5.03. The Morgan fingerprint density at radius 1 is 1.03 bits per heavy atom. The molecule has 0 atom stereocenters. The molecule has 0 saturated heterocycles. The number of methoxy groups -OCH3 is 2. The quantitative estimate of drug-likeness (QED) is 0.453. The molecule has 2 N–H and O–H groups in total. The molecule has 0 aliphatic rings. The van der Waals surface area contributed by atoms with Gasteiger partial charge in [-0.05, 0) is 50.5 Å². The van der Waals surface area contributed by atoms with Crippen LogP contribution in [0.5, 0.6) is 11.5 Å². The first-order chi connectivity index (χ1) is 14.8. The van der Waals surface area contributed by atoms with E-state index in [1.54, 1.807) is 45.1 Å². The number of H-pyrrole nitrogens is 1. The maximum atomic E-state index is 9.98. The molecule has 4 aromatic rings. The number of nitrogens with zero attached hydrogens (tertiary/aromatic N) is 4. The minimum Gasteiger partial charge on any atom is -0.497 e. The second-order valence-corrected chi connectivity index (χ2v) is 8.24. The molecule has 0 fully saturated rings. The molecule has 162 valence electrons. The van der Waals surface area contributed by atoms with Crippen molar-refractivity contribution in [3.05, 3.63) is 54.1 Å². The van der Waals surface area contributed by atoms with Crippen molar-refractivity contribution >= 4 is 11.2 Å². The summed E-state index contributed by atoms with van der Waals surface area (Å²) in [6, 6.07) is 7.86. The fraction of sp³-hybridized carbons (Fsp3) is 0.348. The van der Waals surface area contributed by atoms with Gasteiger partial charge in [0.25, 0.3) is 0 Å². The monoisotopic (exact) mass is 421 g/mol. The molecule has 0 aliphatic carbocycles. The van der Waals surface area contributed by atoms with Gasteiger partial charge in [0.1, 0.15) is 17.0 Å². The molecule has 0 spiro atoms. The van der Waals surface area contributed by atoms with E-state index in [2.05, 4.69) is 15.1 Å². The van der Waals surface area contributed by atoms with E-state index in [1.807, 2.05) is 30.5 Å². The number of fused-ring (bicyclic) bond motifs is 1. The third-order valence-electron chi connectivity index (χ3n) is 4.96. The van der Waals surface area contributed by atoms with Crippen molar-refractivity contribution in [2.24, 2.45) is 0 Å². The molecule has 31 heavy (non-hydrogen) atoms. The van der Waals surface area contributed by atoms with E-state index in [9.17, 15) is 5.11 Å². The normalized spacial score (nSPS) is 11.8. The first-order valence-electron chi connectivity index (χ1n) is 10.1. The molecule has 8 nitrogen and oxygen atoms in total. The minimum absolute atomic E-state index is 0.420. The summed E-state index contributed by atoms with van der Waals surface area (Å²) in [6.45, 7) is 3.94. The van der Waals surface area contributed by atoms with Crippen LogP contribution >= 0.6 is 0 Å². The lowest BCUT2D eigenvalue weighted by Gasteiger charge is -2.16. The molecule has 0 saturated carbocycles. The van der Waals surface area contributed by atoms with Crippen molar-refractivity contribution in [3.63, 3.8) is 0 Å². The molecule has 0 bridgehead atoms. The highest BCUT2D eigenvalue weighted by atomic mass is 16.5. The van der Waals surface area contributed by atoms with Crippen molar-refractivity contribution in [2.45, 2.75) is 38.8 Å². The Labute approximate surface area is 180 Å². The van der Waals surface area contributed by atoms with Crippen LogP contribution in [0.1, 0.15) is 25.1 Å². The summed E-state index contributed by atoms with van der Waals surface area (Å²) in [5.41, 5.74) is 4.57. The van der Waals surface area contributed by atoms with Gasteiger partial charge in [-0.2, -0.15) is 5.10 Å². The van der Waals surface area contributed by atoms with E-state index < -0.39 is 5.60 Å². The number of aryl methyl sites for hydroxylation is 2. The van der Waals surface area contributed by atoms with E-state index in [1.165, 1.54) is 0 Å². The highest BCUT2D eigenvalue weighted by molar-refractivity contribution is 5.79. The third-order valence-corrected chi connectivity index (χ3v) is 4.96. The molecule has 4 rings (SSSR count). The van der Waals surface area contributed by atoms with E-state index in [4.69, 9.17) is 14.5 Å². The second-order valence-electron chi connectivity index (χ2n) is 8.24. The first kappa shape index (κ1) is 20.9. The van der Waals surface area contributed by atoms with Crippen LogP contribution in [0.4, 0.5) is 0 Å². The topological polar surface area (TPSA) is 98.1 Å². The number of hydrogen-bond acceptors (Lipinski definition) is 6. The van der Waals surface area contributed by atoms with Crippen molar-refractivity contribution in [1.82, 2.24) is 24.7 Å². The van der Waals surface area contributed by atoms with Gasteiger partial charge in [-0.3, -0.25) is 4.68 Å². The largest absolute Gasteiger partial charge is 0.497 e. The Hall–Kier alpha value is -3.39. The highest BCUT2D eigenvalue weighted by Crippen LogP contribution is 2.25. The lowest BCUT2D eigenvalue weighted by atomic mass is 10.1. The predicted molar refractivity (Wildman–Crippen MR) is 118 cm³/mol. The van der Waals surface area contributed by atoms with Gasteiger partial charge in [0.15, 0.2) is 5.65 Å². The lowest BCUT2D eigenvalue weighted by Crippen LogP contribution is -2.26. The van der Waals surface area contributed by atoms with Gasteiger partial charge in [0.05, 0.1) is 50.1 Å². The van der Waals surface area contributed by atoms with E-state index in [-0.39, 0.29) is 0 Å². The summed E-state index contributed by atoms with van der Waals surface area (Å²) in [6.07, 6.45) is 7.03. The zero-order valence-corrected chi connectivity index (χ0v) is 18.2. The molecular weight excluding hydrogens is 394 g/mol. The fourth-order valence-electron chi connectivity index (χ4n) is 3.48. The summed E-state index contributed by atoms with van der Waals surface area (Å²) in [5.74, 6) is 1.55. The Morgan fingerprint density at radius 3 is 2.45 bits per heavy atom. The van der Waals surface area contributed by atoms with Gasteiger partial charge in [-0.25, -0.2) is 9.97 Å². The Bertz CT molecular complexity index is 1170. The number of aromatic nitrogens is 5. The zero-order chi connectivity index (χ0) is 22.0. The van der Waals surface area contributed by atoms with Gasteiger partial charge >= 0.3 is 0 Å². The molecule has 0 aliphatic heterocycles. The standard InChI is InChI=1S/C23H27N5O3/c1-23(2,29)14-28-13-16(11-25-28)20-10-21-22(27-20)24-12-17(26-21)6-5-15-7-18(30-3)9-19(8-15)31-4/h7-13,29H,5-6,14H2,1-4H3,(H,24,27). The highest BCUT2D eigenvalue weighted by Gasteiger charge is 2.15. The van der Waals surface area contributed by atoms with Crippen LogP contribution < -0.4 is 9.47 Å². The molecular formula is C23H27N5O3. The lowest BCUT2D eigenvalue weighted by molar-refractivity contribution is 0.0577. The van der Waals surface area contributed by atoms with Crippen molar-refractivity contribution in [1.29, 1.82) is 0 Å². The van der Waals surface area contributed by atoms with E-state index in [0.717, 1.165) is 58.0 Å². The van der Waals surface area contributed by atoms with E-state index >= 15 is 0 Å². The molecule has 0 amide bonds. The van der Waals surface area contributed by atoms with Gasteiger partial charge < -0.3 is 19.6 Å². The van der Waals surface area contributed by atoms with Crippen molar-refractivity contribution in [2.75, 3.05) is 14.2 Å². The Balaban J connectivity index is 1.50. The predicted octanol–water partition coefficient (Wildman–Crippen LogP) is 3.39. The number of aromatic amines is 1. The average Bonchev–Trinajstić information content (AvgIpc) is 3.36. The average molecular weight is 422 g/mol. The van der Waals surface area contributed by atoms with Crippen LogP contribution in [0.3, 0.4) is 0 Å². The smallest absolute Gasteiger partial charge is 0.156 e. The first-order valence-corrected chi connectivity index (χ1v) is 10.1. The Kier molecular flexibility index (Phi) is 5.65. The molecule has 3 aromatic heterocycles. The molecule has 0 unspecified atom stereocenters. The summed E-state index contributed by atoms with van der Waals surface area (Å²) >= 11 is 0. The van der Waals surface area contributed by atoms with Gasteiger partial charge in [0, 0.05) is 17.8 Å². The van der Waals surface area contributed by atoms with Gasteiger partial charge in [-0.15, -0.1) is 0 Å². The molecule has 0 radical (unpaired) electrons. The number of rotatable bonds is 8. The summed E-state index contributed by atoms with van der Waals surface area (Å²) in [4.78, 5) is 12.6. The number of hydrogen-bond donors (Lipinski definition) is 2. The van der Waals surface area contributed by atoms with Crippen LogP contribution in [0, 0.1) is 0 Å². The maximum Gasteiger partial charge on any atom is 0.156 e. The van der Waals surface area contributed by atoms with E-state index in [0.29, 0.717) is 6.54 Å². The summed E-state index contributed by atoms with van der Waals surface area (Å²) in [5, 5.41) is 14.3. The second kappa shape index (κ2) is 8.39. The van der Waals surface area contributed by atoms with Crippen LogP contribution in [0.15, 0.2) is 42.9 Å². The molecule has 3 heterocycles. The summed E-state index contributed by atoms with van der Waals surface area (Å²) in [7, 11) is 3.30. The number of benzene rings is 1. The van der Waals surface area contributed by atoms with Crippen LogP contribution in [0.25, 0.3) is 22.4 Å². The number of nitrogens with one attached hydrogen (secondary N) is 1. The van der Waals surface area contributed by atoms with Crippen molar-refractivity contribution in [3.8, 4) is 22.8 Å².